The highest BCUT2D eigenvalue weighted by Crippen LogP contribution is 2.39. The summed E-state index contributed by atoms with van der Waals surface area (Å²) in [5.41, 5.74) is 1.28. The zero-order valence-electron chi connectivity index (χ0n) is 11.2. The molecule has 2 rings (SSSR count). The molecule has 20 heavy (non-hydrogen) atoms. The third-order valence-corrected chi connectivity index (χ3v) is 2.93. The Morgan fingerprint density at radius 1 is 1.30 bits per heavy atom. The summed E-state index contributed by atoms with van der Waals surface area (Å²) in [6, 6.07) is 2.56. The number of nitrogens with one attached hydrogen (secondary N) is 1. The van der Waals surface area contributed by atoms with Crippen LogP contribution in [0.25, 0.3) is 11.3 Å². The normalized spacial score (nSPS) is 10.4. The largest absolute Gasteiger partial charge is 0.492 e. The van der Waals surface area contributed by atoms with Gasteiger partial charge in [-0.2, -0.15) is 5.10 Å². The summed E-state index contributed by atoms with van der Waals surface area (Å²) in [4.78, 5) is 10.8. The van der Waals surface area contributed by atoms with Crippen molar-refractivity contribution in [2.45, 2.75) is 6.92 Å². The number of aromatic carboxylic acids is 1. The second-order valence-electron chi connectivity index (χ2n) is 4.07. The number of carbonyl (C=O) groups is 1. The van der Waals surface area contributed by atoms with Crippen molar-refractivity contribution in [2.24, 2.45) is 0 Å². The zero-order chi connectivity index (χ0) is 14.9. The number of methoxy groups -OCH3 is 2. The number of hydrogen-bond donors (Lipinski definition) is 2. The summed E-state index contributed by atoms with van der Waals surface area (Å²) in [5.74, 6) is -1.49. The van der Waals surface area contributed by atoms with Gasteiger partial charge in [0.1, 0.15) is 5.69 Å². The van der Waals surface area contributed by atoms with E-state index >= 15 is 0 Å². The monoisotopic (exact) mass is 280 g/mol. The van der Waals surface area contributed by atoms with E-state index in [0.717, 1.165) is 0 Å². The maximum Gasteiger partial charge on any atom is 0.353 e. The lowest BCUT2D eigenvalue weighted by Crippen LogP contribution is -1.98. The minimum atomic E-state index is -1.14. The Bertz CT molecular complexity index is 667. The molecule has 7 heteroatoms. The first-order chi connectivity index (χ1) is 9.49. The molecule has 0 aliphatic rings. The second-order valence-corrected chi connectivity index (χ2v) is 4.07. The van der Waals surface area contributed by atoms with Gasteiger partial charge in [-0.1, -0.05) is 0 Å². The number of aromatic nitrogens is 2. The molecule has 1 heterocycles. The Kier molecular flexibility index (Phi) is 3.60. The summed E-state index contributed by atoms with van der Waals surface area (Å²) in [5, 5.41) is 15.1. The van der Waals surface area contributed by atoms with E-state index in [0.29, 0.717) is 16.8 Å². The van der Waals surface area contributed by atoms with Gasteiger partial charge in [-0.15, -0.1) is 0 Å². The number of nitrogens with zero attached hydrogens (tertiary/aromatic N) is 1. The number of rotatable bonds is 4. The number of halogens is 1. The van der Waals surface area contributed by atoms with Crippen molar-refractivity contribution in [3.8, 4) is 22.8 Å². The number of benzene rings is 1. The molecule has 0 radical (unpaired) electrons. The van der Waals surface area contributed by atoms with Gasteiger partial charge in [-0.25, -0.2) is 9.18 Å². The van der Waals surface area contributed by atoms with Crippen molar-refractivity contribution in [3.05, 3.63) is 29.2 Å². The highest BCUT2D eigenvalue weighted by molar-refractivity contribution is 5.87. The molecule has 1 aromatic carbocycles. The van der Waals surface area contributed by atoms with Crippen LogP contribution in [0.4, 0.5) is 4.39 Å². The van der Waals surface area contributed by atoms with E-state index in [4.69, 9.17) is 14.6 Å². The zero-order valence-corrected chi connectivity index (χ0v) is 11.2. The Morgan fingerprint density at radius 3 is 2.45 bits per heavy atom. The average Bonchev–Trinajstić information content (AvgIpc) is 2.90. The number of ether oxygens (including phenoxy) is 2. The standard InChI is InChI=1S/C13H13FN2O4/c1-6-7(9-5-10(13(17)18)16-15-9)4-8(14)12(20-3)11(6)19-2/h4-5H,1-3H3,(H,15,16)(H,17,18). The molecule has 6 nitrogen and oxygen atoms in total. The summed E-state index contributed by atoms with van der Waals surface area (Å²) in [6.45, 7) is 1.71. The first-order valence-corrected chi connectivity index (χ1v) is 5.69. The minimum Gasteiger partial charge on any atom is -0.492 e. The van der Waals surface area contributed by atoms with Crippen LogP contribution in [-0.4, -0.2) is 35.5 Å². The maximum absolute atomic E-state index is 14.0. The van der Waals surface area contributed by atoms with Gasteiger partial charge in [0, 0.05) is 11.1 Å². The number of hydrogen-bond acceptors (Lipinski definition) is 4. The summed E-state index contributed by atoms with van der Waals surface area (Å²) < 4.78 is 24.1. The van der Waals surface area contributed by atoms with E-state index in [1.54, 1.807) is 6.92 Å². The van der Waals surface area contributed by atoms with E-state index in [1.807, 2.05) is 0 Å². The van der Waals surface area contributed by atoms with Crippen LogP contribution in [0.1, 0.15) is 16.1 Å². The van der Waals surface area contributed by atoms with E-state index in [2.05, 4.69) is 10.2 Å². The molecule has 0 unspecified atom stereocenters. The van der Waals surface area contributed by atoms with Crippen LogP contribution in [0, 0.1) is 12.7 Å². The molecule has 0 saturated heterocycles. The fourth-order valence-electron chi connectivity index (χ4n) is 1.97. The molecular weight excluding hydrogens is 267 g/mol. The van der Waals surface area contributed by atoms with Gasteiger partial charge < -0.3 is 14.6 Å². The van der Waals surface area contributed by atoms with Crippen LogP contribution >= 0.6 is 0 Å². The molecule has 2 aromatic rings. The van der Waals surface area contributed by atoms with Crippen molar-refractivity contribution in [1.82, 2.24) is 10.2 Å². The topological polar surface area (TPSA) is 84.4 Å². The third-order valence-electron chi connectivity index (χ3n) is 2.93. The third kappa shape index (κ3) is 2.18. The molecule has 0 amide bonds. The van der Waals surface area contributed by atoms with Gasteiger partial charge in [0.15, 0.2) is 17.3 Å². The Labute approximate surface area is 114 Å². The number of carboxylic acid groups (broad SMARTS) is 1. The molecule has 0 fully saturated rings. The Morgan fingerprint density at radius 2 is 1.95 bits per heavy atom. The van der Waals surface area contributed by atoms with Gasteiger partial charge in [0.2, 0.25) is 0 Å². The van der Waals surface area contributed by atoms with Gasteiger partial charge >= 0.3 is 5.97 Å². The predicted octanol–water partition coefficient (Wildman–Crippen LogP) is 2.24. The van der Waals surface area contributed by atoms with E-state index < -0.39 is 11.8 Å². The smallest absolute Gasteiger partial charge is 0.353 e. The second kappa shape index (κ2) is 5.20. The van der Waals surface area contributed by atoms with Gasteiger partial charge in [0.05, 0.1) is 19.9 Å². The lowest BCUT2D eigenvalue weighted by molar-refractivity contribution is 0.0690. The average molecular weight is 280 g/mol. The highest BCUT2D eigenvalue weighted by Gasteiger charge is 2.20. The first-order valence-electron chi connectivity index (χ1n) is 5.69. The van der Waals surface area contributed by atoms with Crippen molar-refractivity contribution < 1.29 is 23.8 Å². The Balaban J connectivity index is 2.62. The molecule has 0 aliphatic carbocycles. The molecule has 0 spiro atoms. The molecule has 1 aromatic heterocycles. The van der Waals surface area contributed by atoms with Crippen LogP contribution in [-0.2, 0) is 0 Å². The van der Waals surface area contributed by atoms with Crippen LogP contribution in [0.2, 0.25) is 0 Å². The predicted molar refractivity (Wildman–Crippen MR) is 68.8 cm³/mol. The number of H-pyrrole nitrogens is 1. The van der Waals surface area contributed by atoms with Crippen LogP contribution in [0.5, 0.6) is 11.5 Å². The van der Waals surface area contributed by atoms with E-state index in [-0.39, 0.29) is 17.2 Å². The lowest BCUT2D eigenvalue weighted by Gasteiger charge is -2.14. The van der Waals surface area contributed by atoms with Crippen LogP contribution in [0.15, 0.2) is 12.1 Å². The molecular formula is C13H13FN2O4. The summed E-state index contributed by atoms with van der Waals surface area (Å²) in [7, 11) is 2.75. The lowest BCUT2D eigenvalue weighted by atomic mass is 10.0. The van der Waals surface area contributed by atoms with Gasteiger partial charge in [0.25, 0.3) is 0 Å². The number of carboxylic acids is 1. The molecule has 106 valence electrons. The van der Waals surface area contributed by atoms with E-state index in [9.17, 15) is 9.18 Å². The van der Waals surface area contributed by atoms with Crippen molar-refractivity contribution in [2.75, 3.05) is 14.2 Å². The SMILES string of the molecule is COc1c(F)cc(-c2cc(C(=O)O)[nH]n2)c(C)c1OC. The van der Waals surface area contributed by atoms with Crippen molar-refractivity contribution >= 4 is 5.97 Å². The van der Waals surface area contributed by atoms with Gasteiger partial charge in [-0.3, -0.25) is 5.10 Å². The van der Waals surface area contributed by atoms with E-state index in [1.165, 1.54) is 26.4 Å². The summed E-state index contributed by atoms with van der Waals surface area (Å²) in [6.07, 6.45) is 0. The highest BCUT2D eigenvalue weighted by atomic mass is 19.1. The first kappa shape index (κ1) is 13.9. The fraction of sp³-hybridized carbons (Fsp3) is 0.231. The Hall–Kier alpha value is -2.57. The van der Waals surface area contributed by atoms with Crippen molar-refractivity contribution in [1.29, 1.82) is 0 Å². The maximum atomic E-state index is 14.0. The fourth-order valence-corrected chi connectivity index (χ4v) is 1.97. The van der Waals surface area contributed by atoms with Crippen molar-refractivity contribution in [3.63, 3.8) is 0 Å². The minimum absolute atomic E-state index is 0.00254. The van der Waals surface area contributed by atoms with Crippen LogP contribution < -0.4 is 9.47 Å². The molecule has 0 atom stereocenters. The summed E-state index contributed by atoms with van der Waals surface area (Å²) >= 11 is 0. The molecule has 0 saturated carbocycles. The molecule has 0 bridgehead atoms. The van der Waals surface area contributed by atoms with Gasteiger partial charge in [-0.05, 0) is 19.1 Å². The van der Waals surface area contributed by atoms with Crippen LogP contribution in [0.3, 0.4) is 0 Å². The number of aromatic amines is 1. The quantitative estimate of drug-likeness (QED) is 0.897. The molecule has 0 aliphatic heterocycles. The molecule has 2 N–H and O–H groups in total.